The van der Waals surface area contributed by atoms with Crippen molar-refractivity contribution in [2.24, 2.45) is 0 Å². The van der Waals surface area contributed by atoms with Crippen LogP contribution in [-0.4, -0.2) is 60.4 Å². The molecule has 0 bridgehead atoms. The standard InChI is InChI=1S/C29H28FN3O4S/c30-25-7-2-8-26(34)24(25)19-32-15-4-16-33(18-17-32)29(35)23-12-10-21(11-13-23)20-38(36,37)27-9-1-5-22-6-3-14-31-28(22)27/h1-3,5-14,34H,4,15-20H2. The molecule has 38 heavy (non-hydrogen) atoms. The molecule has 0 radical (unpaired) electrons. The van der Waals surface area contributed by atoms with Crippen LogP contribution in [-0.2, 0) is 22.1 Å². The van der Waals surface area contributed by atoms with Gasteiger partial charge >= 0.3 is 0 Å². The first-order chi connectivity index (χ1) is 18.3. The van der Waals surface area contributed by atoms with E-state index in [0.717, 1.165) is 11.8 Å². The smallest absolute Gasteiger partial charge is 0.253 e. The van der Waals surface area contributed by atoms with Crippen LogP contribution in [0.3, 0.4) is 0 Å². The van der Waals surface area contributed by atoms with Gasteiger partial charge in [0.25, 0.3) is 5.91 Å². The number of hydrogen-bond donors (Lipinski definition) is 1. The third-order valence-electron chi connectivity index (χ3n) is 6.84. The summed E-state index contributed by atoms with van der Waals surface area (Å²) in [5.74, 6) is -0.839. The normalized spacial score (nSPS) is 14.9. The number of aromatic nitrogens is 1. The number of phenolic OH excluding ortho intramolecular Hbond substituents is 1. The fourth-order valence-electron chi connectivity index (χ4n) is 4.81. The number of sulfone groups is 1. The molecule has 3 aromatic carbocycles. The van der Waals surface area contributed by atoms with Crippen molar-refractivity contribution in [1.29, 1.82) is 0 Å². The Labute approximate surface area is 221 Å². The van der Waals surface area contributed by atoms with Crippen LogP contribution in [0.4, 0.5) is 4.39 Å². The molecular weight excluding hydrogens is 505 g/mol. The summed E-state index contributed by atoms with van der Waals surface area (Å²) in [5, 5.41) is 10.8. The van der Waals surface area contributed by atoms with E-state index in [0.29, 0.717) is 42.8 Å². The SMILES string of the molecule is O=C(c1ccc(CS(=O)(=O)c2cccc3cccnc23)cc1)N1CCCN(Cc2c(O)cccc2F)CC1. The van der Waals surface area contributed by atoms with E-state index >= 15 is 0 Å². The summed E-state index contributed by atoms with van der Waals surface area (Å²) in [4.78, 5) is 21.4. The number of carbonyl (C=O) groups excluding carboxylic acids is 1. The second-order valence-corrected chi connectivity index (χ2v) is 11.4. The highest BCUT2D eigenvalue weighted by atomic mass is 32.2. The largest absolute Gasteiger partial charge is 0.508 e. The minimum absolute atomic E-state index is 0.0685. The molecule has 1 fully saturated rings. The molecule has 5 rings (SSSR count). The summed E-state index contributed by atoms with van der Waals surface area (Å²) in [6.07, 6.45) is 2.30. The van der Waals surface area contributed by atoms with Gasteiger partial charge in [0.1, 0.15) is 11.6 Å². The highest BCUT2D eigenvalue weighted by Gasteiger charge is 2.23. The van der Waals surface area contributed by atoms with E-state index in [9.17, 15) is 22.7 Å². The summed E-state index contributed by atoms with van der Waals surface area (Å²) in [6.45, 7) is 2.53. The van der Waals surface area contributed by atoms with Gasteiger partial charge in [-0.2, -0.15) is 0 Å². The molecule has 4 aromatic rings. The van der Waals surface area contributed by atoms with E-state index in [-0.39, 0.29) is 34.4 Å². The molecule has 9 heteroatoms. The van der Waals surface area contributed by atoms with Crippen molar-refractivity contribution >= 4 is 26.6 Å². The quantitative estimate of drug-likeness (QED) is 0.395. The highest BCUT2D eigenvalue weighted by Crippen LogP contribution is 2.25. The number of fused-ring (bicyclic) bond motifs is 1. The third-order valence-corrected chi connectivity index (χ3v) is 8.55. The van der Waals surface area contributed by atoms with E-state index in [2.05, 4.69) is 4.98 Å². The summed E-state index contributed by atoms with van der Waals surface area (Å²) >= 11 is 0. The Hall–Kier alpha value is -3.82. The van der Waals surface area contributed by atoms with Crippen LogP contribution in [0.2, 0.25) is 0 Å². The number of benzene rings is 3. The Kier molecular flexibility index (Phi) is 7.40. The molecule has 0 atom stereocenters. The maximum Gasteiger partial charge on any atom is 0.253 e. The lowest BCUT2D eigenvalue weighted by Gasteiger charge is -2.22. The molecule has 1 N–H and O–H groups in total. The number of phenols is 1. The molecule has 1 aliphatic heterocycles. The lowest BCUT2D eigenvalue weighted by Crippen LogP contribution is -2.35. The molecule has 0 aliphatic carbocycles. The Morgan fingerprint density at radius 3 is 2.47 bits per heavy atom. The molecule has 0 unspecified atom stereocenters. The molecular formula is C29H28FN3O4S. The van der Waals surface area contributed by atoms with Crippen LogP contribution < -0.4 is 0 Å². The lowest BCUT2D eigenvalue weighted by atomic mass is 10.1. The monoisotopic (exact) mass is 533 g/mol. The van der Waals surface area contributed by atoms with Gasteiger partial charge in [-0.3, -0.25) is 14.7 Å². The topological polar surface area (TPSA) is 90.8 Å². The van der Waals surface area contributed by atoms with Crippen LogP contribution >= 0.6 is 0 Å². The van der Waals surface area contributed by atoms with Gasteiger partial charge in [-0.25, -0.2) is 12.8 Å². The van der Waals surface area contributed by atoms with E-state index in [1.54, 1.807) is 53.6 Å². The van der Waals surface area contributed by atoms with E-state index in [4.69, 9.17) is 0 Å². The zero-order valence-electron chi connectivity index (χ0n) is 20.8. The van der Waals surface area contributed by atoms with Crippen LogP contribution in [0.15, 0.2) is 83.9 Å². The number of pyridine rings is 1. The van der Waals surface area contributed by atoms with Crippen molar-refractivity contribution in [3.05, 3.63) is 102 Å². The van der Waals surface area contributed by atoms with Gasteiger partial charge in [0.2, 0.25) is 0 Å². The van der Waals surface area contributed by atoms with E-state index in [1.165, 1.54) is 18.2 Å². The van der Waals surface area contributed by atoms with Gasteiger partial charge in [-0.1, -0.05) is 36.4 Å². The third kappa shape index (κ3) is 5.54. The molecule has 7 nitrogen and oxygen atoms in total. The molecule has 2 heterocycles. The Morgan fingerprint density at radius 1 is 0.921 bits per heavy atom. The average Bonchev–Trinajstić information content (AvgIpc) is 3.16. The predicted octanol–water partition coefficient (Wildman–Crippen LogP) is 4.40. The second kappa shape index (κ2) is 10.9. The number of rotatable bonds is 6. The number of nitrogens with zero attached hydrogens (tertiary/aromatic N) is 3. The molecule has 1 amide bonds. The molecule has 0 spiro atoms. The minimum Gasteiger partial charge on any atom is -0.508 e. The fourth-order valence-corrected chi connectivity index (χ4v) is 6.35. The van der Waals surface area contributed by atoms with Crippen LogP contribution in [0.5, 0.6) is 5.75 Å². The maximum atomic E-state index is 14.1. The van der Waals surface area contributed by atoms with Crippen molar-refractivity contribution in [2.45, 2.75) is 23.6 Å². The first-order valence-corrected chi connectivity index (χ1v) is 14.1. The van der Waals surface area contributed by atoms with Gasteiger partial charge < -0.3 is 10.0 Å². The summed E-state index contributed by atoms with van der Waals surface area (Å²) < 4.78 is 40.5. The highest BCUT2D eigenvalue weighted by molar-refractivity contribution is 7.90. The second-order valence-electron chi connectivity index (χ2n) is 9.45. The molecule has 0 saturated carbocycles. The molecule has 196 valence electrons. The predicted molar refractivity (Wildman–Crippen MR) is 143 cm³/mol. The van der Waals surface area contributed by atoms with Gasteiger partial charge in [-0.05, 0) is 48.4 Å². The molecule has 1 aromatic heterocycles. The molecule has 1 aliphatic rings. The van der Waals surface area contributed by atoms with Gasteiger partial charge in [0, 0.05) is 55.4 Å². The zero-order valence-corrected chi connectivity index (χ0v) is 21.6. The van der Waals surface area contributed by atoms with Crippen LogP contribution in [0.1, 0.15) is 27.9 Å². The maximum absolute atomic E-state index is 14.1. The van der Waals surface area contributed by atoms with Crippen LogP contribution in [0, 0.1) is 5.82 Å². The van der Waals surface area contributed by atoms with Crippen molar-refractivity contribution < 1.29 is 22.7 Å². The number of amides is 1. The number of aromatic hydroxyl groups is 1. The Bertz CT molecular complexity index is 1550. The fraction of sp³-hybridized carbons (Fsp3) is 0.241. The number of hydrogen-bond acceptors (Lipinski definition) is 6. The van der Waals surface area contributed by atoms with Crippen molar-refractivity contribution in [1.82, 2.24) is 14.8 Å². The summed E-state index contributed by atoms with van der Waals surface area (Å²) in [6, 6.07) is 19.6. The van der Waals surface area contributed by atoms with Crippen molar-refractivity contribution in [2.75, 3.05) is 26.2 Å². The Morgan fingerprint density at radius 2 is 1.68 bits per heavy atom. The van der Waals surface area contributed by atoms with Crippen molar-refractivity contribution in [3.63, 3.8) is 0 Å². The van der Waals surface area contributed by atoms with Crippen molar-refractivity contribution in [3.8, 4) is 5.75 Å². The number of carbonyl (C=O) groups is 1. The lowest BCUT2D eigenvalue weighted by molar-refractivity contribution is 0.0761. The first-order valence-electron chi connectivity index (χ1n) is 12.5. The zero-order chi connectivity index (χ0) is 26.7. The number of para-hydroxylation sites is 1. The van der Waals surface area contributed by atoms with Gasteiger partial charge in [0.05, 0.1) is 16.2 Å². The molecule has 1 saturated heterocycles. The average molecular weight is 534 g/mol. The summed E-state index contributed by atoms with van der Waals surface area (Å²) in [5.41, 5.74) is 1.78. The van der Waals surface area contributed by atoms with E-state index in [1.807, 2.05) is 17.0 Å². The summed E-state index contributed by atoms with van der Waals surface area (Å²) in [7, 11) is -3.64. The van der Waals surface area contributed by atoms with Gasteiger partial charge in [0.15, 0.2) is 9.84 Å². The first kappa shape index (κ1) is 25.8. The van der Waals surface area contributed by atoms with Crippen LogP contribution in [0.25, 0.3) is 10.9 Å². The Balaban J connectivity index is 1.24. The minimum atomic E-state index is -3.64. The number of halogens is 1. The van der Waals surface area contributed by atoms with E-state index < -0.39 is 15.7 Å². The van der Waals surface area contributed by atoms with Gasteiger partial charge in [-0.15, -0.1) is 0 Å².